The van der Waals surface area contributed by atoms with Gasteiger partial charge in [0.15, 0.2) is 5.13 Å². The highest BCUT2D eigenvalue weighted by molar-refractivity contribution is 9.10. The standard InChI is InChI=1S/C26H32BrN3O3S/c1-2-3-4-16-33-22-9-6-20(7-10-22)25(31)30(13-5-12-29-14-17-32-18-15-29)26-28-23-11-8-21(27)19-24(23)34-26/h6-11,19H,2-5,12-18H2,1H3. The lowest BCUT2D eigenvalue weighted by molar-refractivity contribution is 0.0376. The summed E-state index contributed by atoms with van der Waals surface area (Å²) < 4.78 is 13.3. The molecule has 1 aliphatic heterocycles. The molecular weight excluding hydrogens is 514 g/mol. The van der Waals surface area contributed by atoms with Crippen LogP contribution in [0.25, 0.3) is 10.2 Å². The number of carbonyl (C=O) groups excluding carboxylic acids is 1. The number of thiazole rings is 1. The summed E-state index contributed by atoms with van der Waals surface area (Å²) in [6, 6.07) is 13.5. The highest BCUT2D eigenvalue weighted by Crippen LogP contribution is 2.32. The van der Waals surface area contributed by atoms with E-state index >= 15 is 0 Å². The topological polar surface area (TPSA) is 54.9 Å². The maximum absolute atomic E-state index is 13.6. The lowest BCUT2D eigenvalue weighted by atomic mass is 10.2. The number of amides is 1. The molecule has 0 atom stereocenters. The first kappa shape index (κ1) is 25.1. The Kier molecular flexibility index (Phi) is 9.33. The molecule has 1 saturated heterocycles. The molecule has 8 heteroatoms. The van der Waals surface area contributed by atoms with E-state index in [0.717, 1.165) is 77.7 Å². The van der Waals surface area contributed by atoms with Gasteiger partial charge in [-0.2, -0.15) is 0 Å². The number of rotatable bonds is 11. The van der Waals surface area contributed by atoms with Crippen molar-refractivity contribution in [3.63, 3.8) is 0 Å². The number of halogens is 1. The maximum atomic E-state index is 13.6. The van der Waals surface area contributed by atoms with Gasteiger partial charge in [-0.25, -0.2) is 4.98 Å². The van der Waals surface area contributed by atoms with Crippen molar-refractivity contribution in [2.45, 2.75) is 32.6 Å². The summed E-state index contributed by atoms with van der Waals surface area (Å²) in [6.07, 6.45) is 4.25. The molecule has 2 heterocycles. The Morgan fingerprint density at radius 2 is 1.94 bits per heavy atom. The fourth-order valence-electron chi connectivity index (χ4n) is 3.95. The number of carbonyl (C=O) groups is 1. The predicted octanol–water partition coefficient (Wildman–Crippen LogP) is 6.00. The number of hydrogen-bond donors (Lipinski definition) is 0. The number of hydrogen-bond acceptors (Lipinski definition) is 6. The molecule has 0 radical (unpaired) electrons. The molecule has 6 nitrogen and oxygen atoms in total. The molecule has 0 saturated carbocycles. The van der Waals surface area contributed by atoms with Crippen LogP contribution in [-0.4, -0.2) is 61.8 Å². The van der Waals surface area contributed by atoms with Gasteiger partial charge in [0.05, 0.1) is 30.0 Å². The van der Waals surface area contributed by atoms with Crippen molar-refractivity contribution >= 4 is 48.5 Å². The Bertz CT molecular complexity index is 1070. The molecule has 0 bridgehead atoms. The Labute approximate surface area is 214 Å². The Balaban J connectivity index is 1.48. The Morgan fingerprint density at radius 3 is 2.71 bits per heavy atom. The van der Waals surface area contributed by atoms with Crippen molar-refractivity contribution in [3.8, 4) is 5.75 Å². The van der Waals surface area contributed by atoms with Crippen molar-refractivity contribution in [1.29, 1.82) is 0 Å². The third kappa shape index (κ3) is 6.78. The van der Waals surface area contributed by atoms with Gasteiger partial charge in [0.25, 0.3) is 5.91 Å². The van der Waals surface area contributed by atoms with E-state index < -0.39 is 0 Å². The van der Waals surface area contributed by atoms with Crippen molar-refractivity contribution < 1.29 is 14.3 Å². The number of benzene rings is 2. The fraction of sp³-hybridized carbons (Fsp3) is 0.462. The predicted molar refractivity (Wildman–Crippen MR) is 142 cm³/mol. The molecular formula is C26H32BrN3O3S. The van der Waals surface area contributed by atoms with Gasteiger partial charge in [-0.3, -0.25) is 14.6 Å². The van der Waals surface area contributed by atoms with Crippen molar-refractivity contribution in [3.05, 3.63) is 52.5 Å². The second-order valence-electron chi connectivity index (χ2n) is 8.45. The molecule has 1 aromatic heterocycles. The van der Waals surface area contributed by atoms with Crippen LogP contribution in [0.2, 0.25) is 0 Å². The van der Waals surface area contributed by atoms with Gasteiger partial charge in [-0.1, -0.05) is 47.0 Å². The van der Waals surface area contributed by atoms with Crippen LogP contribution in [-0.2, 0) is 4.74 Å². The normalized spacial score (nSPS) is 14.4. The first-order valence-corrected chi connectivity index (χ1v) is 13.7. The molecule has 1 fully saturated rings. The van der Waals surface area contributed by atoms with Crippen LogP contribution in [0.5, 0.6) is 5.75 Å². The van der Waals surface area contributed by atoms with Crippen LogP contribution in [0.4, 0.5) is 5.13 Å². The van der Waals surface area contributed by atoms with Crippen LogP contribution in [0, 0.1) is 0 Å². The van der Waals surface area contributed by atoms with Crippen molar-refractivity contribution in [2.24, 2.45) is 0 Å². The molecule has 3 aromatic rings. The fourth-order valence-corrected chi connectivity index (χ4v) is 5.50. The molecule has 182 valence electrons. The number of ether oxygens (including phenoxy) is 2. The van der Waals surface area contributed by atoms with E-state index in [9.17, 15) is 4.79 Å². The summed E-state index contributed by atoms with van der Waals surface area (Å²) in [4.78, 5) is 22.6. The van der Waals surface area contributed by atoms with Gasteiger partial charge in [0.1, 0.15) is 5.75 Å². The monoisotopic (exact) mass is 545 g/mol. The van der Waals surface area contributed by atoms with E-state index in [1.807, 2.05) is 41.3 Å². The Morgan fingerprint density at radius 1 is 1.15 bits per heavy atom. The molecule has 0 unspecified atom stereocenters. The van der Waals surface area contributed by atoms with Crippen LogP contribution in [0.15, 0.2) is 46.9 Å². The van der Waals surface area contributed by atoms with Gasteiger partial charge in [0, 0.05) is 36.2 Å². The summed E-state index contributed by atoms with van der Waals surface area (Å²) >= 11 is 5.09. The largest absolute Gasteiger partial charge is 0.494 e. The number of anilines is 1. The molecule has 1 amide bonds. The second-order valence-corrected chi connectivity index (χ2v) is 10.4. The smallest absolute Gasteiger partial charge is 0.260 e. The minimum atomic E-state index is -0.0300. The van der Waals surface area contributed by atoms with Crippen molar-refractivity contribution in [1.82, 2.24) is 9.88 Å². The van der Waals surface area contributed by atoms with E-state index in [2.05, 4.69) is 33.8 Å². The van der Waals surface area contributed by atoms with Gasteiger partial charge in [0.2, 0.25) is 0 Å². The first-order valence-electron chi connectivity index (χ1n) is 12.0. The number of nitrogens with zero attached hydrogens (tertiary/aromatic N) is 3. The highest BCUT2D eigenvalue weighted by atomic mass is 79.9. The zero-order valence-corrected chi connectivity index (χ0v) is 22.1. The zero-order valence-electron chi connectivity index (χ0n) is 19.7. The molecule has 2 aromatic carbocycles. The third-order valence-corrected chi connectivity index (χ3v) is 7.43. The third-order valence-electron chi connectivity index (χ3n) is 5.89. The average molecular weight is 547 g/mol. The zero-order chi connectivity index (χ0) is 23.8. The summed E-state index contributed by atoms with van der Waals surface area (Å²) in [6.45, 7) is 7.89. The lowest BCUT2D eigenvalue weighted by Crippen LogP contribution is -2.39. The van der Waals surface area contributed by atoms with Crippen LogP contribution in [0.1, 0.15) is 43.0 Å². The second kappa shape index (κ2) is 12.6. The van der Waals surface area contributed by atoms with Gasteiger partial charge in [-0.15, -0.1) is 0 Å². The van der Waals surface area contributed by atoms with Crippen LogP contribution < -0.4 is 9.64 Å². The Hall–Kier alpha value is -2.00. The number of aromatic nitrogens is 1. The van der Waals surface area contributed by atoms with E-state index in [1.165, 1.54) is 6.42 Å². The lowest BCUT2D eigenvalue weighted by Gasteiger charge is -2.27. The average Bonchev–Trinajstić information content (AvgIpc) is 3.28. The number of morpholine rings is 1. The highest BCUT2D eigenvalue weighted by Gasteiger charge is 2.22. The minimum absolute atomic E-state index is 0.0300. The molecule has 1 aliphatic rings. The summed E-state index contributed by atoms with van der Waals surface area (Å²) in [5.74, 6) is 0.772. The van der Waals surface area contributed by atoms with Gasteiger partial charge < -0.3 is 9.47 Å². The molecule has 34 heavy (non-hydrogen) atoms. The van der Waals surface area contributed by atoms with Gasteiger partial charge >= 0.3 is 0 Å². The van der Waals surface area contributed by atoms with E-state index in [1.54, 1.807) is 11.3 Å². The minimum Gasteiger partial charge on any atom is -0.494 e. The molecule has 0 aliphatic carbocycles. The molecule has 0 spiro atoms. The summed E-state index contributed by atoms with van der Waals surface area (Å²) in [5, 5.41) is 0.736. The molecule has 4 rings (SSSR count). The van der Waals surface area contributed by atoms with E-state index in [4.69, 9.17) is 14.5 Å². The molecule has 0 N–H and O–H groups in total. The van der Waals surface area contributed by atoms with Gasteiger partial charge in [-0.05, 0) is 55.3 Å². The van der Waals surface area contributed by atoms with Crippen LogP contribution >= 0.6 is 27.3 Å². The van der Waals surface area contributed by atoms with E-state index in [-0.39, 0.29) is 5.91 Å². The van der Waals surface area contributed by atoms with E-state index in [0.29, 0.717) is 18.7 Å². The number of fused-ring (bicyclic) bond motifs is 1. The number of unbranched alkanes of at least 4 members (excludes halogenated alkanes) is 2. The quantitative estimate of drug-likeness (QED) is 0.276. The van der Waals surface area contributed by atoms with Crippen molar-refractivity contribution in [2.75, 3.05) is 50.9 Å². The SMILES string of the molecule is CCCCCOc1ccc(C(=O)N(CCCN2CCOCC2)c2nc3ccc(Br)cc3s2)cc1. The first-order chi connectivity index (χ1) is 16.6. The van der Waals surface area contributed by atoms with Crippen LogP contribution in [0.3, 0.4) is 0 Å². The maximum Gasteiger partial charge on any atom is 0.260 e. The summed E-state index contributed by atoms with van der Waals surface area (Å²) in [7, 11) is 0. The summed E-state index contributed by atoms with van der Waals surface area (Å²) in [5.41, 5.74) is 1.55.